The maximum atomic E-state index is 12.3. The molecular weight excluding hydrogens is 266 g/mol. The minimum Gasteiger partial charge on any atom is -0.326 e. The highest BCUT2D eigenvalue weighted by atomic mass is 16.2. The van der Waals surface area contributed by atoms with Crippen molar-refractivity contribution < 1.29 is 9.59 Å². The van der Waals surface area contributed by atoms with E-state index in [4.69, 9.17) is 0 Å². The number of hydrogen-bond donors (Lipinski definition) is 3. The van der Waals surface area contributed by atoms with E-state index in [9.17, 15) is 9.59 Å². The number of amides is 2. The molecule has 0 spiro atoms. The van der Waals surface area contributed by atoms with Crippen LogP contribution < -0.4 is 16.0 Å². The number of rotatable bonds is 4. The fourth-order valence-corrected chi connectivity index (χ4v) is 2.59. The summed E-state index contributed by atoms with van der Waals surface area (Å²) in [5.41, 5.74) is 2.39. The van der Waals surface area contributed by atoms with Crippen molar-refractivity contribution in [2.24, 2.45) is 5.92 Å². The zero-order valence-electron chi connectivity index (χ0n) is 12.8. The van der Waals surface area contributed by atoms with Crippen LogP contribution in [0.25, 0.3) is 0 Å². The van der Waals surface area contributed by atoms with Crippen LogP contribution in [0.3, 0.4) is 0 Å². The van der Waals surface area contributed by atoms with Crippen LogP contribution >= 0.6 is 0 Å². The second-order valence-electron chi connectivity index (χ2n) is 5.51. The van der Waals surface area contributed by atoms with Gasteiger partial charge in [0.15, 0.2) is 0 Å². The van der Waals surface area contributed by atoms with Crippen molar-refractivity contribution in [2.45, 2.75) is 39.7 Å². The Kier molecular flexibility index (Phi) is 4.96. The van der Waals surface area contributed by atoms with Gasteiger partial charge in [-0.15, -0.1) is 0 Å². The van der Waals surface area contributed by atoms with Gasteiger partial charge in [-0.2, -0.15) is 0 Å². The zero-order chi connectivity index (χ0) is 15.4. The third kappa shape index (κ3) is 3.61. The average molecular weight is 289 g/mol. The van der Waals surface area contributed by atoms with E-state index in [2.05, 4.69) is 16.0 Å². The standard InChI is InChI=1S/C16H23N3O2/c1-4-15(20)18-13-6-5-7-14(10(13)2)19-16(21)12-8-9-17-11(12)3/h5-7,11-12,17H,4,8-9H2,1-3H3,(H,18,20)(H,19,21). The second kappa shape index (κ2) is 6.72. The van der Waals surface area contributed by atoms with Crippen LogP contribution in [0.15, 0.2) is 18.2 Å². The lowest BCUT2D eigenvalue weighted by atomic mass is 10.0. The predicted molar refractivity (Wildman–Crippen MR) is 84.3 cm³/mol. The predicted octanol–water partition coefficient (Wildman–Crippen LogP) is 2.28. The summed E-state index contributed by atoms with van der Waals surface area (Å²) in [5.74, 6) is 0.00282. The number of carbonyl (C=O) groups excluding carboxylic acids is 2. The molecule has 2 unspecified atom stereocenters. The number of anilines is 2. The molecule has 2 amide bonds. The highest BCUT2D eigenvalue weighted by Gasteiger charge is 2.29. The van der Waals surface area contributed by atoms with Crippen molar-refractivity contribution in [3.63, 3.8) is 0 Å². The van der Waals surface area contributed by atoms with E-state index in [0.29, 0.717) is 6.42 Å². The van der Waals surface area contributed by atoms with Crippen molar-refractivity contribution in [2.75, 3.05) is 17.2 Å². The molecular formula is C16H23N3O2. The Balaban J connectivity index is 2.11. The number of carbonyl (C=O) groups is 2. The smallest absolute Gasteiger partial charge is 0.229 e. The van der Waals surface area contributed by atoms with E-state index in [1.165, 1.54) is 0 Å². The van der Waals surface area contributed by atoms with Crippen molar-refractivity contribution in [1.29, 1.82) is 0 Å². The van der Waals surface area contributed by atoms with Crippen molar-refractivity contribution in [3.8, 4) is 0 Å². The molecule has 0 saturated carbocycles. The normalized spacial score (nSPS) is 21.1. The fraction of sp³-hybridized carbons (Fsp3) is 0.500. The summed E-state index contributed by atoms with van der Waals surface area (Å²) in [6.07, 6.45) is 1.29. The largest absolute Gasteiger partial charge is 0.326 e. The molecule has 5 nitrogen and oxygen atoms in total. The highest BCUT2D eigenvalue weighted by Crippen LogP contribution is 2.25. The molecule has 1 aromatic rings. The lowest BCUT2D eigenvalue weighted by molar-refractivity contribution is -0.120. The highest BCUT2D eigenvalue weighted by molar-refractivity contribution is 5.96. The summed E-state index contributed by atoms with van der Waals surface area (Å²) in [6, 6.07) is 5.75. The van der Waals surface area contributed by atoms with Gasteiger partial charge in [-0.1, -0.05) is 13.0 Å². The summed E-state index contributed by atoms with van der Waals surface area (Å²) >= 11 is 0. The lowest BCUT2D eigenvalue weighted by Crippen LogP contribution is -2.32. The van der Waals surface area contributed by atoms with Crippen LogP contribution in [0.1, 0.15) is 32.3 Å². The van der Waals surface area contributed by atoms with Gasteiger partial charge in [0, 0.05) is 23.8 Å². The molecule has 1 heterocycles. The molecule has 0 bridgehead atoms. The van der Waals surface area contributed by atoms with Gasteiger partial charge in [0.05, 0.1) is 5.92 Å². The minimum absolute atomic E-state index is 0.00158. The number of nitrogens with one attached hydrogen (secondary N) is 3. The fourth-order valence-electron chi connectivity index (χ4n) is 2.59. The molecule has 2 atom stereocenters. The van der Waals surface area contributed by atoms with Crippen molar-refractivity contribution in [3.05, 3.63) is 23.8 Å². The molecule has 1 saturated heterocycles. The lowest BCUT2D eigenvalue weighted by Gasteiger charge is -2.17. The summed E-state index contributed by atoms with van der Waals surface area (Å²) in [6.45, 7) is 6.62. The molecule has 1 aliphatic heterocycles. The molecule has 1 fully saturated rings. The minimum atomic E-state index is -0.0322. The van der Waals surface area contributed by atoms with E-state index < -0.39 is 0 Å². The summed E-state index contributed by atoms with van der Waals surface area (Å²) < 4.78 is 0. The van der Waals surface area contributed by atoms with Gasteiger partial charge in [0.1, 0.15) is 0 Å². The van der Waals surface area contributed by atoms with Gasteiger partial charge in [0.2, 0.25) is 11.8 Å². The Bertz CT molecular complexity index is 542. The Morgan fingerprint density at radius 3 is 2.52 bits per heavy atom. The zero-order valence-corrected chi connectivity index (χ0v) is 12.8. The maximum Gasteiger partial charge on any atom is 0.229 e. The molecule has 0 radical (unpaired) electrons. The van der Waals surface area contributed by atoms with Crippen LogP contribution in [0, 0.1) is 12.8 Å². The first-order chi connectivity index (χ1) is 10.0. The molecule has 0 aliphatic carbocycles. The van der Waals surface area contributed by atoms with Crippen molar-refractivity contribution in [1.82, 2.24) is 5.32 Å². The molecule has 3 N–H and O–H groups in total. The monoisotopic (exact) mass is 289 g/mol. The number of hydrogen-bond acceptors (Lipinski definition) is 3. The van der Waals surface area contributed by atoms with E-state index in [0.717, 1.165) is 29.9 Å². The third-order valence-corrected chi connectivity index (χ3v) is 4.05. The third-order valence-electron chi connectivity index (χ3n) is 4.05. The van der Waals surface area contributed by atoms with E-state index in [1.54, 1.807) is 0 Å². The van der Waals surface area contributed by atoms with Crippen LogP contribution in [0.5, 0.6) is 0 Å². The Morgan fingerprint density at radius 2 is 1.95 bits per heavy atom. The van der Waals surface area contributed by atoms with Gasteiger partial charge in [-0.05, 0) is 44.5 Å². The average Bonchev–Trinajstić information content (AvgIpc) is 2.89. The van der Waals surface area contributed by atoms with Gasteiger partial charge in [-0.25, -0.2) is 0 Å². The molecule has 21 heavy (non-hydrogen) atoms. The van der Waals surface area contributed by atoms with E-state index in [1.807, 2.05) is 39.0 Å². The molecule has 0 aromatic heterocycles. The van der Waals surface area contributed by atoms with E-state index >= 15 is 0 Å². The van der Waals surface area contributed by atoms with Crippen LogP contribution in [-0.2, 0) is 9.59 Å². The Morgan fingerprint density at radius 1 is 1.29 bits per heavy atom. The van der Waals surface area contributed by atoms with Crippen molar-refractivity contribution >= 4 is 23.2 Å². The first kappa shape index (κ1) is 15.5. The summed E-state index contributed by atoms with van der Waals surface area (Å²) in [7, 11) is 0. The molecule has 114 valence electrons. The second-order valence-corrected chi connectivity index (χ2v) is 5.51. The van der Waals surface area contributed by atoms with Crippen LogP contribution in [0.4, 0.5) is 11.4 Å². The van der Waals surface area contributed by atoms with E-state index in [-0.39, 0.29) is 23.8 Å². The molecule has 1 aliphatic rings. The van der Waals surface area contributed by atoms with Crippen LogP contribution in [0.2, 0.25) is 0 Å². The van der Waals surface area contributed by atoms with Gasteiger partial charge < -0.3 is 16.0 Å². The first-order valence-electron chi connectivity index (χ1n) is 7.46. The topological polar surface area (TPSA) is 70.2 Å². The Labute approximate surface area is 125 Å². The SMILES string of the molecule is CCC(=O)Nc1cccc(NC(=O)C2CCNC2C)c1C. The number of benzene rings is 1. The molecule has 1 aromatic carbocycles. The van der Waals surface area contributed by atoms with Gasteiger partial charge >= 0.3 is 0 Å². The van der Waals surface area contributed by atoms with Gasteiger partial charge in [-0.3, -0.25) is 9.59 Å². The van der Waals surface area contributed by atoms with Gasteiger partial charge in [0.25, 0.3) is 0 Å². The molecule has 2 rings (SSSR count). The summed E-state index contributed by atoms with van der Waals surface area (Å²) in [5, 5.41) is 9.11. The summed E-state index contributed by atoms with van der Waals surface area (Å²) in [4.78, 5) is 23.8. The first-order valence-corrected chi connectivity index (χ1v) is 7.46. The Hall–Kier alpha value is -1.88. The maximum absolute atomic E-state index is 12.3. The molecule has 5 heteroatoms. The quantitative estimate of drug-likeness (QED) is 0.796. The van der Waals surface area contributed by atoms with Crippen LogP contribution in [-0.4, -0.2) is 24.4 Å².